The van der Waals surface area contributed by atoms with Crippen molar-refractivity contribution in [3.8, 4) is 0 Å². The fourth-order valence-electron chi connectivity index (χ4n) is 0.477. The fraction of sp³-hybridized carbons (Fsp3) is 0.714. The standard InChI is InChI=1S/C7H11BrF2O/c1-2-5-11-6-3-4-7(8,9)10/h3-4H,2,5-6H2,1H3. The van der Waals surface area contributed by atoms with Gasteiger partial charge in [0, 0.05) is 6.61 Å². The summed E-state index contributed by atoms with van der Waals surface area (Å²) in [5, 5.41) is 0. The molecule has 0 aliphatic rings. The third-order valence-electron chi connectivity index (χ3n) is 0.869. The lowest BCUT2D eigenvalue weighted by molar-refractivity contribution is 0.154. The second-order valence-electron chi connectivity index (χ2n) is 2.02. The maximum atomic E-state index is 12.0. The molecule has 0 saturated heterocycles. The number of rotatable bonds is 5. The van der Waals surface area contributed by atoms with Gasteiger partial charge in [0.05, 0.1) is 6.61 Å². The van der Waals surface area contributed by atoms with Gasteiger partial charge in [0.15, 0.2) is 0 Å². The molecule has 66 valence electrons. The van der Waals surface area contributed by atoms with Gasteiger partial charge in [-0.15, -0.1) is 0 Å². The summed E-state index contributed by atoms with van der Waals surface area (Å²) in [4.78, 5) is -2.90. The molecule has 0 aliphatic heterocycles. The second kappa shape index (κ2) is 5.66. The number of hydrogen-bond donors (Lipinski definition) is 0. The Kier molecular flexibility index (Phi) is 5.68. The molecule has 0 aromatic heterocycles. The molecule has 11 heavy (non-hydrogen) atoms. The van der Waals surface area contributed by atoms with E-state index in [1.807, 2.05) is 6.92 Å². The Bertz CT molecular complexity index is 120. The van der Waals surface area contributed by atoms with Crippen LogP contribution in [0.1, 0.15) is 13.3 Å². The second-order valence-corrected chi connectivity index (χ2v) is 3.08. The molecule has 0 aromatic rings. The van der Waals surface area contributed by atoms with Crippen LogP contribution in [0.15, 0.2) is 12.2 Å². The number of allylic oxidation sites excluding steroid dienone is 1. The number of hydrogen-bond acceptors (Lipinski definition) is 1. The van der Waals surface area contributed by atoms with Crippen molar-refractivity contribution in [2.24, 2.45) is 0 Å². The molecule has 0 atom stereocenters. The minimum atomic E-state index is -2.90. The first kappa shape index (κ1) is 11.0. The Hall–Kier alpha value is 0.0400. The van der Waals surface area contributed by atoms with Crippen molar-refractivity contribution in [2.75, 3.05) is 13.2 Å². The molecule has 0 radical (unpaired) electrons. The van der Waals surface area contributed by atoms with Crippen molar-refractivity contribution in [1.82, 2.24) is 0 Å². The zero-order valence-corrected chi connectivity index (χ0v) is 7.90. The predicted molar refractivity (Wildman–Crippen MR) is 44.1 cm³/mol. The van der Waals surface area contributed by atoms with Crippen molar-refractivity contribution < 1.29 is 13.5 Å². The van der Waals surface area contributed by atoms with Crippen LogP contribution < -0.4 is 0 Å². The lowest BCUT2D eigenvalue weighted by atomic mass is 10.5. The van der Waals surface area contributed by atoms with Crippen LogP contribution >= 0.6 is 15.9 Å². The van der Waals surface area contributed by atoms with E-state index in [1.54, 1.807) is 0 Å². The molecule has 0 bridgehead atoms. The van der Waals surface area contributed by atoms with Crippen LogP contribution in [-0.4, -0.2) is 18.0 Å². The minimum Gasteiger partial charge on any atom is -0.377 e. The Morgan fingerprint density at radius 2 is 2.18 bits per heavy atom. The highest BCUT2D eigenvalue weighted by Crippen LogP contribution is 2.22. The van der Waals surface area contributed by atoms with Gasteiger partial charge in [-0.2, -0.15) is 8.78 Å². The monoisotopic (exact) mass is 228 g/mol. The molecule has 0 aliphatic carbocycles. The number of halogens is 3. The van der Waals surface area contributed by atoms with E-state index in [9.17, 15) is 8.78 Å². The van der Waals surface area contributed by atoms with Gasteiger partial charge in [0.2, 0.25) is 0 Å². The molecule has 0 fully saturated rings. The van der Waals surface area contributed by atoms with Crippen molar-refractivity contribution in [2.45, 2.75) is 18.2 Å². The van der Waals surface area contributed by atoms with Gasteiger partial charge in [-0.05, 0) is 28.4 Å². The summed E-state index contributed by atoms with van der Waals surface area (Å²) < 4.78 is 28.9. The molecular weight excluding hydrogens is 218 g/mol. The van der Waals surface area contributed by atoms with Crippen LogP contribution in [0.2, 0.25) is 0 Å². The quantitative estimate of drug-likeness (QED) is 0.400. The molecule has 0 spiro atoms. The Balaban J connectivity index is 3.30. The highest BCUT2D eigenvalue weighted by atomic mass is 79.9. The summed E-state index contributed by atoms with van der Waals surface area (Å²) >= 11 is 2.17. The molecular formula is C7H11BrF2O. The summed E-state index contributed by atoms with van der Waals surface area (Å²) in [6, 6.07) is 0. The Morgan fingerprint density at radius 3 is 2.64 bits per heavy atom. The minimum absolute atomic E-state index is 0.245. The van der Waals surface area contributed by atoms with Crippen LogP contribution in [0.25, 0.3) is 0 Å². The molecule has 0 amide bonds. The summed E-state index contributed by atoms with van der Waals surface area (Å²) in [5.41, 5.74) is 0. The zero-order chi connectivity index (χ0) is 8.74. The first-order chi connectivity index (χ1) is 5.06. The van der Waals surface area contributed by atoms with Crippen LogP contribution in [0, 0.1) is 0 Å². The lowest BCUT2D eigenvalue weighted by Crippen LogP contribution is -1.99. The van der Waals surface area contributed by atoms with Gasteiger partial charge in [-0.3, -0.25) is 0 Å². The average Bonchev–Trinajstić information content (AvgIpc) is 1.85. The molecule has 4 heteroatoms. The van der Waals surface area contributed by atoms with E-state index in [-0.39, 0.29) is 6.61 Å². The van der Waals surface area contributed by atoms with E-state index in [1.165, 1.54) is 6.08 Å². The first-order valence-electron chi connectivity index (χ1n) is 3.38. The number of alkyl halides is 3. The first-order valence-corrected chi connectivity index (χ1v) is 4.17. The van der Waals surface area contributed by atoms with E-state index in [0.29, 0.717) is 6.61 Å². The third kappa shape index (κ3) is 10.0. The lowest BCUT2D eigenvalue weighted by Gasteiger charge is -2.00. The molecule has 1 nitrogen and oxygen atoms in total. The smallest absolute Gasteiger partial charge is 0.320 e. The maximum Gasteiger partial charge on any atom is 0.320 e. The van der Waals surface area contributed by atoms with Crippen LogP contribution in [0.4, 0.5) is 8.78 Å². The predicted octanol–water partition coefficient (Wildman–Crippen LogP) is 2.96. The third-order valence-corrected chi connectivity index (χ3v) is 1.13. The highest BCUT2D eigenvalue weighted by Gasteiger charge is 2.17. The normalized spacial score (nSPS) is 12.7. The van der Waals surface area contributed by atoms with Crippen LogP contribution in [0.3, 0.4) is 0 Å². The van der Waals surface area contributed by atoms with Crippen LogP contribution in [-0.2, 0) is 4.74 Å². The van der Waals surface area contributed by atoms with Gasteiger partial charge in [0.1, 0.15) is 0 Å². The van der Waals surface area contributed by atoms with Crippen molar-refractivity contribution in [3.05, 3.63) is 12.2 Å². The molecule has 0 unspecified atom stereocenters. The molecule has 0 aromatic carbocycles. The molecule has 0 rings (SSSR count). The summed E-state index contributed by atoms with van der Waals surface area (Å²) in [5.74, 6) is 0. The highest BCUT2D eigenvalue weighted by molar-refractivity contribution is 9.10. The maximum absolute atomic E-state index is 12.0. The van der Waals surface area contributed by atoms with E-state index >= 15 is 0 Å². The van der Waals surface area contributed by atoms with Crippen molar-refractivity contribution in [1.29, 1.82) is 0 Å². The van der Waals surface area contributed by atoms with Gasteiger partial charge in [-0.1, -0.05) is 13.0 Å². The van der Waals surface area contributed by atoms with Gasteiger partial charge in [0.25, 0.3) is 0 Å². The summed E-state index contributed by atoms with van der Waals surface area (Å²) in [6.45, 7) is 2.82. The van der Waals surface area contributed by atoms with Gasteiger partial charge < -0.3 is 4.74 Å². The molecule has 0 heterocycles. The topological polar surface area (TPSA) is 9.23 Å². The molecule has 0 saturated carbocycles. The van der Waals surface area contributed by atoms with Gasteiger partial charge >= 0.3 is 4.83 Å². The molecule has 0 N–H and O–H groups in total. The largest absolute Gasteiger partial charge is 0.377 e. The Morgan fingerprint density at radius 1 is 1.55 bits per heavy atom. The fourth-order valence-corrected chi connectivity index (χ4v) is 0.664. The SMILES string of the molecule is CCCOCC=CC(F)(F)Br. The van der Waals surface area contributed by atoms with Gasteiger partial charge in [-0.25, -0.2) is 0 Å². The van der Waals surface area contributed by atoms with Crippen LogP contribution in [0.5, 0.6) is 0 Å². The Labute approximate surface area is 73.6 Å². The van der Waals surface area contributed by atoms with E-state index in [0.717, 1.165) is 12.5 Å². The zero-order valence-electron chi connectivity index (χ0n) is 6.32. The number of ether oxygens (including phenoxy) is 1. The van der Waals surface area contributed by atoms with Crippen molar-refractivity contribution >= 4 is 15.9 Å². The van der Waals surface area contributed by atoms with E-state index < -0.39 is 4.83 Å². The van der Waals surface area contributed by atoms with E-state index in [4.69, 9.17) is 4.74 Å². The summed E-state index contributed by atoms with van der Waals surface area (Å²) in [6.07, 6.45) is 2.96. The summed E-state index contributed by atoms with van der Waals surface area (Å²) in [7, 11) is 0. The average molecular weight is 229 g/mol. The van der Waals surface area contributed by atoms with E-state index in [2.05, 4.69) is 15.9 Å². The van der Waals surface area contributed by atoms with Crippen molar-refractivity contribution in [3.63, 3.8) is 0 Å².